The normalized spacial score (nSPS) is 10.4. The molecule has 0 amide bonds. The van der Waals surface area contributed by atoms with Gasteiger partial charge in [-0.25, -0.2) is 9.48 Å². The van der Waals surface area contributed by atoms with Crippen LogP contribution in [0.25, 0.3) is 11.3 Å². The number of aromatic nitrogens is 3. The highest BCUT2D eigenvalue weighted by atomic mass is 79.9. The largest absolute Gasteiger partial charge is 0.478 e. The van der Waals surface area contributed by atoms with Crippen molar-refractivity contribution in [2.75, 3.05) is 0 Å². The number of halogens is 1. The smallest absolute Gasteiger partial charge is 0.335 e. The molecule has 0 atom stereocenters. The van der Waals surface area contributed by atoms with Gasteiger partial charge in [0.05, 0.1) is 10.5 Å². The van der Waals surface area contributed by atoms with Gasteiger partial charge < -0.3 is 5.11 Å². The predicted octanol–water partition coefficient (Wildman–Crippen LogP) is 1.85. The highest BCUT2D eigenvalue weighted by molar-refractivity contribution is 9.10. The van der Waals surface area contributed by atoms with E-state index in [1.165, 1.54) is 16.8 Å². The summed E-state index contributed by atoms with van der Waals surface area (Å²) >= 11 is 3.17. The predicted molar refractivity (Wildman–Crippen MR) is 67.8 cm³/mol. The van der Waals surface area contributed by atoms with Crippen LogP contribution in [0.5, 0.6) is 0 Å². The molecule has 98 valence electrons. The summed E-state index contributed by atoms with van der Waals surface area (Å²) in [6, 6.07) is 3.61. The van der Waals surface area contributed by atoms with E-state index in [2.05, 4.69) is 26.2 Å². The number of benzene rings is 1. The zero-order valence-corrected chi connectivity index (χ0v) is 11.2. The maximum Gasteiger partial charge on any atom is 0.335 e. The Labute approximate surface area is 114 Å². The van der Waals surface area contributed by atoms with Crippen LogP contribution in [0.2, 0.25) is 0 Å². The second kappa shape index (κ2) is 4.76. The van der Waals surface area contributed by atoms with Crippen LogP contribution in [0.4, 0.5) is 5.69 Å². The summed E-state index contributed by atoms with van der Waals surface area (Å²) in [5.74, 6) is -1.24. The first kappa shape index (κ1) is 13.1. The number of carbonyl (C=O) groups is 1. The standard InChI is InChI=1S/C10H7BrN4O4/c1-14-8(9(11)12-13-14)5-2-6(10(16)17)4-7(3-5)15(18)19/h2-4H,1H3,(H,16,17). The molecule has 0 saturated carbocycles. The summed E-state index contributed by atoms with van der Waals surface area (Å²) in [5, 5.41) is 27.3. The van der Waals surface area contributed by atoms with Crippen LogP contribution in [0, 0.1) is 10.1 Å². The van der Waals surface area contributed by atoms with Crippen molar-refractivity contribution < 1.29 is 14.8 Å². The van der Waals surface area contributed by atoms with Gasteiger partial charge in [-0.15, -0.1) is 5.10 Å². The maximum absolute atomic E-state index is 11.0. The number of nitro groups is 1. The molecule has 8 nitrogen and oxygen atoms in total. The van der Waals surface area contributed by atoms with Crippen LogP contribution < -0.4 is 0 Å². The average Bonchev–Trinajstić information content (AvgIpc) is 2.68. The Balaban J connectivity index is 2.70. The molecule has 0 spiro atoms. The molecular weight excluding hydrogens is 320 g/mol. The lowest BCUT2D eigenvalue weighted by Gasteiger charge is -2.04. The first-order valence-corrected chi connectivity index (χ1v) is 5.77. The minimum Gasteiger partial charge on any atom is -0.478 e. The second-order valence-electron chi connectivity index (χ2n) is 3.68. The Bertz CT molecular complexity index is 630. The van der Waals surface area contributed by atoms with Gasteiger partial charge in [-0.3, -0.25) is 10.1 Å². The SMILES string of the molecule is Cn1nnc(Br)c1-c1cc(C(=O)O)cc([N+](=O)[O-])c1. The number of hydrogen-bond donors (Lipinski definition) is 1. The molecule has 2 aromatic rings. The molecule has 0 fully saturated rings. The van der Waals surface area contributed by atoms with Crippen LogP contribution in [-0.2, 0) is 7.05 Å². The fourth-order valence-electron chi connectivity index (χ4n) is 1.61. The lowest BCUT2D eigenvalue weighted by molar-refractivity contribution is -0.384. The molecule has 2 rings (SSSR count). The first-order chi connectivity index (χ1) is 8.90. The van der Waals surface area contributed by atoms with Crippen molar-refractivity contribution in [3.05, 3.63) is 38.5 Å². The average molecular weight is 327 g/mol. The van der Waals surface area contributed by atoms with Crippen LogP contribution >= 0.6 is 15.9 Å². The Morgan fingerprint density at radius 1 is 1.47 bits per heavy atom. The molecular formula is C10H7BrN4O4. The van der Waals surface area contributed by atoms with Crippen molar-refractivity contribution in [2.45, 2.75) is 0 Å². The molecule has 0 radical (unpaired) electrons. The summed E-state index contributed by atoms with van der Waals surface area (Å²) in [4.78, 5) is 21.2. The van der Waals surface area contributed by atoms with Gasteiger partial charge in [0.15, 0.2) is 4.60 Å². The number of hydrogen-bond acceptors (Lipinski definition) is 5. The van der Waals surface area contributed by atoms with E-state index in [9.17, 15) is 14.9 Å². The third kappa shape index (κ3) is 2.45. The second-order valence-corrected chi connectivity index (χ2v) is 4.43. The molecule has 0 aliphatic heterocycles. The molecule has 1 heterocycles. The van der Waals surface area contributed by atoms with Crippen LogP contribution in [0.3, 0.4) is 0 Å². The molecule has 0 unspecified atom stereocenters. The van der Waals surface area contributed by atoms with Gasteiger partial charge in [0, 0.05) is 24.7 Å². The van der Waals surface area contributed by atoms with E-state index in [-0.39, 0.29) is 11.3 Å². The summed E-state index contributed by atoms with van der Waals surface area (Å²) in [6.07, 6.45) is 0. The summed E-state index contributed by atoms with van der Waals surface area (Å²) in [6.45, 7) is 0. The van der Waals surface area contributed by atoms with Crippen LogP contribution in [0.1, 0.15) is 10.4 Å². The minimum absolute atomic E-state index is 0.169. The number of nitrogens with zero attached hydrogens (tertiary/aromatic N) is 4. The lowest BCUT2D eigenvalue weighted by atomic mass is 10.1. The van der Waals surface area contributed by atoms with E-state index in [0.717, 1.165) is 6.07 Å². The van der Waals surface area contributed by atoms with Crippen molar-refractivity contribution in [1.29, 1.82) is 0 Å². The van der Waals surface area contributed by atoms with Crippen molar-refractivity contribution in [3.63, 3.8) is 0 Å². The molecule has 19 heavy (non-hydrogen) atoms. The van der Waals surface area contributed by atoms with Gasteiger partial charge in [0.1, 0.15) is 5.69 Å². The topological polar surface area (TPSA) is 111 Å². The van der Waals surface area contributed by atoms with E-state index in [4.69, 9.17) is 5.11 Å². The van der Waals surface area contributed by atoms with Gasteiger partial charge >= 0.3 is 5.97 Å². The number of aromatic carboxylic acids is 1. The number of rotatable bonds is 3. The van der Waals surface area contributed by atoms with Crippen molar-refractivity contribution >= 4 is 27.6 Å². The summed E-state index contributed by atoms with van der Waals surface area (Å²) < 4.78 is 1.78. The Kier molecular flexibility index (Phi) is 3.30. The molecule has 0 aliphatic rings. The number of nitro benzene ring substituents is 1. The van der Waals surface area contributed by atoms with Crippen LogP contribution in [0.15, 0.2) is 22.8 Å². The van der Waals surface area contributed by atoms with E-state index in [1.54, 1.807) is 7.05 Å². The van der Waals surface area contributed by atoms with Gasteiger partial charge in [0.2, 0.25) is 0 Å². The highest BCUT2D eigenvalue weighted by Gasteiger charge is 2.18. The fourth-order valence-corrected chi connectivity index (χ4v) is 2.17. The van der Waals surface area contributed by atoms with Gasteiger partial charge in [0.25, 0.3) is 5.69 Å². The van der Waals surface area contributed by atoms with E-state index < -0.39 is 10.9 Å². The number of carboxylic acids is 1. The minimum atomic E-state index is -1.24. The van der Waals surface area contributed by atoms with Crippen molar-refractivity contribution in [3.8, 4) is 11.3 Å². The van der Waals surface area contributed by atoms with Gasteiger partial charge in [-0.1, -0.05) is 5.21 Å². The fraction of sp³-hybridized carbons (Fsp3) is 0.100. The van der Waals surface area contributed by atoms with E-state index in [1.807, 2.05) is 0 Å². The lowest BCUT2D eigenvalue weighted by Crippen LogP contribution is -2.01. The van der Waals surface area contributed by atoms with Gasteiger partial charge in [-0.05, 0) is 22.0 Å². The third-order valence-corrected chi connectivity index (χ3v) is 2.97. The molecule has 1 aromatic heterocycles. The summed E-state index contributed by atoms with van der Waals surface area (Å²) in [5.41, 5.74) is 0.345. The quantitative estimate of drug-likeness (QED) is 0.680. The molecule has 0 saturated heterocycles. The van der Waals surface area contributed by atoms with Crippen LogP contribution in [-0.4, -0.2) is 31.0 Å². The number of non-ortho nitro benzene ring substituents is 1. The molecule has 9 heteroatoms. The molecule has 0 bridgehead atoms. The highest BCUT2D eigenvalue weighted by Crippen LogP contribution is 2.29. The number of carboxylic acid groups (broad SMARTS) is 1. The zero-order valence-electron chi connectivity index (χ0n) is 9.57. The Morgan fingerprint density at radius 3 is 2.63 bits per heavy atom. The van der Waals surface area contributed by atoms with Gasteiger partial charge in [-0.2, -0.15) is 0 Å². The summed E-state index contributed by atoms with van der Waals surface area (Å²) in [7, 11) is 1.60. The maximum atomic E-state index is 11.0. The zero-order chi connectivity index (χ0) is 14.2. The van der Waals surface area contributed by atoms with E-state index >= 15 is 0 Å². The number of aryl methyl sites for hydroxylation is 1. The Hall–Kier alpha value is -2.29. The molecule has 1 N–H and O–H groups in total. The monoisotopic (exact) mass is 326 g/mol. The third-order valence-electron chi connectivity index (χ3n) is 2.43. The molecule has 1 aromatic carbocycles. The molecule has 0 aliphatic carbocycles. The van der Waals surface area contributed by atoms with E-state index in [0.29, 0.717) is 15.9 Å². The Morgan fingerprint density at radius 2 is 2.16 bits per heavy atom. The van der Waals surface area contributed by atoms with Crippen molar-refractivity contribution in [1.82, 2.24) is 15.0 Å². The first-order valence-electron chi connectivity index (χ1n) is 4.98. The van der Waals surface area contributed by atoms with Crippen molar-refractivity contribution in [2.24, 2.45) is 7.05 Å².